The first-order chi connectivity index (χ1) is 11.5. The van der Waals surface area contributed by atoms with E-state index in [9.17, 15) is 4.79 Å². The summed E-state index contributed by atoms with van der Waals surface area (Å²) in [5.41, 5.74) is 1.36. The fourth-order valence-corrected chi connectivity index (χ4v) is 2.64. The van der Waals surface area contributed by atoms with Crippen LogP contribution in [-0.2, 0) is 0 Å². The van der Waals surface area contributed by atoms with E-state index in [-0.39, 0.29) is 11.9 Å². The molecule has 0 radical (unpaired) electrons. The van der Waals surface area contributed by atoms with Gasteiger partial charge in [0.05, 0.1) is 24.8 Å². The van der Waals surface area contributed by atoms with Gasteiger partial charge in [-0.15, -0.1) is 0 Å². The lowest BCUT2D eigenvalue weighted by Gasteiger charge is -2.16. The van der Waals surface area contributed by atoms with Crippen molar-refractivity contribution in [2.24, 2.45) is 0 Å². The zero-order chi connectivity index (χ0) is 17.7. The van der Waals surface area contributed by atoms with Gasteiger partial charge in [-0.3, -0.25) is 4.79 Å². The first-order valence-corrected chi connectivity index (χ1v) is 8.28. The fraction of sp³-hybridized carbons (Fsp3) is 0.278. The molecule has 4 nitrogen and oxygen atoms in total. The number of nitrogens with one attached hydrogen (secondary N) is 1. The molecule has 1 atom stereocenters. The van der Waals surface area contributed by atoms with Crippen molar-refractivity contribution < 1.29 is 14.3 Å². The molecule has 2 rings (SSSR count). The van der Waals surface area contributed by atoms with Crippen LogP contribution in [0, 0.1) is 0 Å². The molecule has 0 fully saturated rings. The van der Waals surface area contributed by atoms with Gasteiger partial charge >= 0.3 is 0 Å². The molecule has 6 heteroatoms. The first kappa shape index (κ1) is 18.4. The molecule has 0 aliphatic carbocycles. The second kappa shape index (κ2) is 8.27. The number of benzene rings is 2. The molecule has 0 aliphatic rings. The molecule has 0 aliphatic heterocycles. The summed E-state index contributed by atoms with van der Waals surface area (Å²) in [5.74, 6) is 0.610. The lowest BCUT2D eigenvalue weighted by molar-refractivity contribution is 0.0939. The van der Waals surface area contributed by atoms with Crippen LogP contribution in [0.5, 0.6) is 11.5 Å². The van der Waals surface area contributed by atoms with Crippen molar-refractivity contribution in [2.45, 2.75) is 19.9 Å². The zero-order valence-corrected chi connectivity index (χ0v) is 15.2. The van der Waals surface area contributed by atoms with Crippen LogP contribution in [0.2, 0.25) is 10.0 Å². The van der Waals surface area contributed by atoms with Crippen LogP contribution in [0.3, 0.4) is 0 Å². The van der Waals surface area contributed by atoms with E-state index < -0.39 is 0 Å². The molecule has 1 N–H and O–H groups in total. The summed E-state index contributed by atoms with van der Waals surface area (Å²) in [5, 5.41) is 3.91. The predicted molar refractivity (Wildman–Crippen MR) is 96.5 cm³/mol. The molecule has 1 unspecified atom stereocenters. The molecule has 0 aromatic heterocycles. The minimum Gasteiger partial charge on any atom is -0.493 e. The van der Waals surface area contributed by atoms with E-state index in [0.29, 0.717) is 33.7 Å². The lowest BCUT2D eigenvalue weighted by atomic mass is 10.1. The van der Waals surface area contributed by atoms with Gasteiger partial charge < -0.3 is 14.8 Å². The largest absolute Gasteiger partial charge is 0.493 e. The average Bonchev–Trinajstić information content (AvgIpc) is 2.57. The van der Waals surface area contributed by atoms with Crippen LogP contribution in [0.4, 0.5) is 0 Å². The van der Waals surface area contributed by atoms with Crippen LogP contribution in [0.15, 0.2) is 36.4 Å². The summed E-state index contributed by atoms with van der Waals surface area (Å²) >= 11 is 12.1. The van der Waals surface area contributed by atoms with E-state index in [1.54, 1.807) is 24.3 Å². The highest BCUT2D eigenvalue weighted by atomic mass is 35.5. The van der Waals surface area contributed by atoms with Crippen LogP contribution < -0.4 is 14.8 Å². The van der Waals surface area contributed by atoms with Crippen molar-refractivity contribution >= 4 is 29.1 Å². The number of carbonyl (C=O) groups is 1. The third-order valence-electron chi connectivity index (χ3n) is 3.50. The van der Waals surface area contributed by atoms with Gasteiger partial charge in [0.1, 0.15) is 0 Å². The van der Waals surface area contributed by atoms with E-state index in [4.69, 9.17) is 32.7 Å². The average molecular weight is 368 g/mol. The van der Waals surface area contributed by atoms with E-state index in [1.807, 2.05) is 26.0 Å². The van der Waals surface area contributed by atoms with Gasteiger partial charge in [0, 0.05) is 10.6 Å². The highest BCUT2D eigenvalue weighted by Gasteiger charge is 2.17. The Morgan fingerprint density at radius 2 is 1.88 bits per heavy atom. The third kappa shape index (κ3) is 4.34. The number of hydrogen-bond acceptors (Lipinski definition) is 3. The van der Waals surface area contributed by atoms with Crippen molar-refractivity contribution in [3.05, 3.63) is 57.6 Å². The van der Waals surface area contributed by atoms with Crippen molar-refractivity contribution in [3.63, 3.8) is 0 Å². The molecule has 1 amide bonds. The van der Waals surface area contributed by atoms with Gasteiger partial charge in [-0.1, -0.05) is 35.3 Å². The SMILES string of the molecule is CCOc1c(Cl)cc(C(=O)NC(C)c2ccc(Cl)cc2)cc1OC. The summed E-state index contributed by atoms with van der Waals surface area (Å²) in [6.07, 6.45) is 0. The summed E-state index contributed by atoms with van der Waals surface area (Å²) in [6, 6.07) is 10.3. The van der Waals surface area contributed by atoms with Crippen LogP contribution >= 0.6 is 23.2 Å². The second-order valence-corrected chi connectivity index (χ2v) is 6.01. The Kier molecular flexibility index (Phi) is 6.35. The Labute approximate surface area is 151 Å². The smallest absolute Gasteiger partial charge is 0.251 e. The number of rotatable bonds is 6. The number of methoxy groups -OCH3 is 1. The number of hydrogen-bond donors (Lipinski definition) is 1. The monoisotopic (exact) mass is 367 g/mol. The maximum Gasteiger partial charge on any atom is 0.251 e. The normalized spacial score (nSPS) is 11.7. The van der Waals surface area contributed by atoms with Gasteiger partial charge in [0.25, 0.3) is 5.91 Å². The number of ether oxygens (including phenoxy) is 2. The number of halogens is 2. The molecule has 2 aromatic carbocycles. The third-order valence-corrected chi connectivity index (χ3v) is 4.03. The van der Waals surface area contributed by atoms with Gasteiger partial charge in [-0.2, -0.15) is 0 Å². The van der Waals surface area contributed by atoms with E-state index in [0.717, 1.165) is 5.56 Å². The highest BCUT2D eigenvalue weighted by Crippen LogP contribution is 2.36. The van der Waals surface area contributed by atoms with Crippen molar-refractivity contribution in [3.8, 4) is 11.5 Å². The molecule has 24 heavy (non-hydrogen) atoms. The Bertz CT molecular complexity index is 717. The minimum absolute atomic E-state index is 0.175. The van der Waals surface area contributed by atoms with E-state index >= 15 is 0 Å². The van der Waals surface area contributed by atoms with Crippen molar-refractivity contribution in [1.29, 1.82) is 0 Å². The zero-order valence-electron chi connectivity index (χ0n) is 13.7. The molecule has 0 heterocycles. The van der Waals surface area contributed by atoms with E-state index in [1.165, 1.54) is 7.11 Å². The fourth-order valence-electron chi connectivity index (χ4n) is 2.25. The summed E-state index contributed by atoms with van der Waals surface area (Å²) in [4.78, 5) is 12.5. The Balaban J connectivity index is 2.20. The molecular formula is C18H19Cl2NO3. The maximum absolute atomic E-state index is 12.5. The van der Waals surface area contributed by atoms with Crippen molar-refractivity contribution in [2.75, 3.05) is 13.7 Å². The summed E-state index contributed by atoms with van der Waals surface area (Å²) in [6.45, 7) is 4.20. The van der Waals surface area contributed by atoms with Crippen LogP contribution in [-0.4, -0.2) is 19.6 Å². The summed E-state index contributed by atoms with van der Waals surface area (Å²) < 4.78 is 10.7. The molecule has 0 spiro atoms. The Morgan fingerprint density at radius 3 is 2.46 bits per heavy atom. The number of amides is 1. The van der Waals surface area contributed by atoms with Gasteiger partial charge in [0.2, 0.25) is 0 Å². The molecule has 128 valence electrons. The Morgan fingerprint density at radius 1 is 1.21 bits per heavy atom. The minimum atomic E-state index is -0.249. The summed E-state index contributed by atoms with van der Waals surface area (Å²) in [7, 11) is 1.51. The van der Waals surface area contributed by atoms with Crippen LogP contribution in [0.1, 0.15) is 35.8 Å². The quantitative estimate of drug-likeness (QED) is 0.790. The first-order valence-electron chi connectivity index (χ1n) is 7.53. The standard InChI is InChI=1S/C18H19Cl2NO3/c1-4-24-17-15(20)9-13(10-16(17)23-3)18(22)21-11(2)12-5-7-14(19)8-6-12/h5-11H,4H2,1-3H3,(H,21,22). The van der Waals surface area contributed by atoms with Crippen LogP contribution in [0.25, 0.3) is 0 Å². The second-order valence-electron chi connectivity index (χ2n) is 5.17. The topological polar surface area (TPSA) is 47.6 Å². The van der Waals surface area contributed by atoms with Gasteiger partial charge in [0.15, 0.2) is 11.5 Å². The predicted octanol–water partition coefficient (Wildman–Crippen LogP) is 4.89. The number of carbonyl (C=O) groups excluding carboxylic acids is 1. The van der Waals surface area contributed by atoms with Crippen molar-refractivity contribution in [1.82, 2.24) is 5.32 Å². The molecule has 2 aromatic rings. The van der Waals surface area contributed by atoms with E-state index in [2.05, 4.69) is 5.32 Å². The van der Waals surface area contributed by atoms with Gasteiger partial charge in [-0.05, 0) is 43.7 Å². The Hall–Kier alpha value is -1.91. The van der Waals surface area contributed by atoms with Gasteiger partial charge in [-0.25, -0.2) is 0 Å². The maximum atomic E-state index is 12.5. The molecular weight excluding hydrogens is 349 g/mol. The molecule has 0 saturated carbocycles. The molecule has 0 bridgehead atoms. The highest BCUT2D eigenvalue weighted by molar-refractivity contribution is 6.32. The lowest BCUT2D eigenvalue weighted by Crippen LogP contribution is -2.26. The molecule has 0 saturated heterocycles.